The summed E-state index contributed by atoms with van der Waals surface area (Å²) in [4.78, 5) is 17.6. The predicted octanol–water partition coefficient (Wildman–Crippen LogP) is 2.33. The van der Waals surface area contributed by atoms with Crippen LogP contribution in [0.25, 0.3) is 10.9 Å². The van der Waals surface area contributed by atoms with Crippen molar-refractivity contribution in [2.45, 2.75) is 25.7 Å². The lowest BCUT2D eigenvalue weighted by atomic mass is 10.1. The maximum atomic E-state index is 11.9. The van der Waals surface area contributed by atoms with Gasteiger partial charge >= 0.3 is 0 Å². The Labute approximate surface area is 143 Å². The standard InChI is InChI=1S/C19H27N3O2/c23-19(20-9-4-10-22-11-13-24-14-12-22)8-3-5-16-15-21-18-7-2-1-6-17(16)18/h1-2,6-7,15,21H,3-5,8-14H2,(H,20,23). The van der Waals surface area contributed by atoms with Gasteiger partial charge in [0, 0.05) is 43.2 Å². The molecule has 1 aliphatic heterocycles. The second-order valence-electron chi connectivity index (χ2n) is 6.37. The first-order valence-electron chi connectivity index (χ1n) is 8.95. The average molecular weight is 329 g/mol. The van der Waals surface area contributed by atoms with E-state index in [9.17, 15) is 4.79 Å². The highest BCUT2D eigenvalue weighted by Gasteiger charge is 2.09. The van der Waals surface area contributed by atoms with E-state index in [4.69, 9.17) is 4.74 Å². The molecule has 0 saturated carbocycles. The molecular weight excluding hydrogens is 302 g/mol. The van der Waals surface area contributed by atoms with Crippen LogP contribution < -0.4 is 5.32 Å². The highest BCUT2D eigenvalue weighted by atomic mass is 16.5. The minimum Gasteiger partial charge on any atom is -0.379 e. The van der Waals surface area contributed by atoms with Crippen LogP contribution in [0.1, 0.15) is 24.8 Å². The fourth-order valence-electron chi connectivity index (χ4n) is 3.22. The van der Waals surface area contributed by atoms with Crippen LogP contribution >= 0.6 is 0 Å². The molecule has 1 aliphatic rings. The van der Waals surface area contributed by atoms with Gasteiger partial charge in [0.1, 0.15) is 0 Å². The molecule has 0 aliphatic carbocycles. The molecule has 1 aromatic carbocycles. The third-order valence-electron chi connectivity index (χ3n) is 4.60. The van der Waals surface area contributed by atoms with Crippen LogP contribution in [0.4, 0.5) is 0 Å². The van der Waals surface area contributed by atoms with Crippen LogP contribution in [0, 0.1) is 0 Å². The predicted molar refractivity (Wildman–Crippen MR) is 96.1 cm³/mol. The topological polar surface area (TPSA) is 57.4 Å². The van der Waals surface area contributed by atoms with Crippen LogP contribution in [0.3, 0.4) is 0 Å². The Morgan fingerprint density at radius 1 is 1.21 bits per heavy atom. The summed E-state index contributed by atoms with van der Waals surface area (Å²) < 4.78 is 5.33. The normalized spacial score (nSPS) is 15.7. The smallest absolute Gasteiger partial charge is 0.220 e. The number of carbonyl (C=O) groups is 1. The maximum Gasteiger partial charge on any atom is 0.220 e. The van der Waals surface area contributed by atoms with E-state index in [1.807, 2.05) is 6.07 Å². The van der Waals surface area contributed by atoms with Crippen LogP contribution in [-0.4, -0.2) is 55.2 Å². The number of aryl methyl sites for hydroxylation is 1. The fourth-order valence-corrected chi connectivity index (χ4v) is 3.22. The van der Waals surface area contributed by atoms with Gasteiger partial charge in [0.25, 0.3) is 0 Å². The van der Waals surface area contributed by atoms with E-state index in [0.717, 1.165) is 58.7 Å². The lowest BCUT2D eigenvalue weighted by Crippen LogP contribution is -2.38. The van der Waals surface area contributed by atoms with E-state index in [2.05, 4.69) is 39.6 Å². The molecular formula is C19H27N3O2. The molecule has 5 nitrogen and oxygen atoms in total. The third-order valence-corrected chi connectivity index (χ3v) is 4.60. The molecule has 0 spiro atoms. The van der Waals surface area contributed by atoms with E-state index in [-0.39, 0.29) is 5.91 Å². The van der Waals surface area contributed by atoms with E-state index >= 15 is 0 Å². The van der Waals surface area contributed by atoms with Crippen LogP contribution in [0.15, 0.2) is 30.5 Å². The molecule has 0 radical (unpaired) electrons. The molecule has 1 amide bonds. The minimum absolute atomic E-state index is 0.164. The Morgan fingerprint density at radius 2 is 2.04 bits per heavy atom. The molecule has 24 heavy (non-hydrogen) atoms. The number of aromatic nitrogens is 1. The zero-order valence-electron chi connectivity index (χ0n) is 14.2. The highest BCUT2D eigenvalue weighted by Crippen LogP contribution is 2.19. The molecule has 1 aromatic heterocycles. The molecule has 3 rings (SSSR count). The molecule has 0 atom stereocenters. The highest BCUT2D eigenvalue weighted by molar-refractivity contribution is 5.83. The van der Waals surface area contributed by atoms with Crippen molar-refractivity contribution in [2.75, 3.05) is 39.4 Å². The number of fused-ring (bicyclic) bond motifs is 1. The zero-order chi connectivity index (χ0) is 16.6. The van der Waals surface area contributed by atoms with Crippen molar-refractivity contribution in [3.63, 3.8) is 0 Å². The van der Waals surface area contributed by atoms with E-state index in [1.54, 1.807) is 0 Å². The van der Waals surface area contributed by atoms with Gasteiger partial charge in [-0.05, 0) is 37.4 Å². The maximum absolute atomic E-state index is 11.9. The number of rotatable bonds is 8. The van der Waals surface area contributed by atoms with Gasteiger partial charge in [-0.1, -0.05) is 18.2 Å². The molecule has 0 unspecified atom stereocenters. The number of nitrogens with zero attached hydrogens (tertiary/aromatic N) is 1. The molecule has 2 aromatic rings. The summed E-state index contributed by atoms with van der Waals surface area (Å²) in [6.07, 6.45) is 5.48. The first-order chi connectivity index (χ1) is 11.8. The number of morpholine rings is 1. The summed E-state index contributed by atoms with van der Waals surface area (Å²) in [6, 6.07) is 8.31. The summed E-state index contributed by atoms with van der Waals surface area (Å²) >= 11 is 0. The number of amides is 1. The van der Waals surface area contributed by atoms with Crippen molar-refractivity contribution in [3.05, 3.63) is 36.0 Å². The lowest BCUT2D eigenvalue weighted by Gasteiger charge is -2.26. The van der Waals surface area contributed by atoms with Gasteiger partial charge < -0.3 is 15.0 Å². The molecule has 2 heterocycles. The van der Waals surface area contributed by atoms with Crippen LogP contribution in [0.2, 0.25) is 0 Å². The number of benzene rings is 1. The van der Waals surface area contributed by atoms with Crippen molar-refractivity contribution in [1.82, 2.24) is 15.2 Å². The monoisotopic (exact) mass is 329 g/mol. The number of hydrogen-bond acceptors (Lipinski definition) is 3. The number of aromatic amines is 1. The summed E-state index contributed by atoms with van der Waals surface area (Å²) in [5.41, 5.74) is 2.46. The second kappa shape index (κ2) is 8.85. The van der Waals surface area contributed by atoms with Crippen molar-refractivity contribution < 1.29 is 9.53 Å². The van der Waals surface area contributed by atoms with Gasteiger partial charge in [-0.3, -0.25) is 9.69 Å². The molecule has 1 fully saturated rings. The lowest BCUT2D eigenvalue weighted by molar-refractivity contribution is -0.121. The molecule has 130 valence electrons. The van der Waals surface area contributed by atoms with Crippen LogP contribution in [-0.2, 0) is 16.0 Å². The van der Waals surface area contributed by atoms with E-state index < -0.39 is 0 Å². The molecule has 2 N–H and O–H groups in total. The van der Waals surface area contributed by atoms with Gasteiger partial charge in [0.2, 0.25) is 5.91 Å². The van der Waals surface area contributed by atoms with Crippen molar-refractivity contribution in [1.29, 1.82) is 0 Å². The van der Waals surface area contributed by atoms with Gasteiger partial charge in [0.15, 0.2) is 0 Å². The largest absolute Gasteiger partial charge is 0.379 e. The van der Waals surface area contributed by atoms with Gasteiger partial charge in [0.05, 0.1) is 13.2 Å². The van der Waals surface area contributed by atoms with Crippen molar-refractivity contribution in [3.8, 4) is 0 Å². The number of ether oxygens (including phenoxy) is 1. The summed E-state index contributed by atoms with van der Waals surface area (Å²) in [5.74, 6) is 0.164. The fraction of sp³-hybridized carbons (Fsp3) is 0.526. The Hall–Kier alpha value is -1.85. The van der Waals surface area contributed by atoms with Gasteiger partial charge in [-0.2, -0.15) is 0 Å². The first kappa shape index (κ1) is 17.0. The van der Waals surface area contributed by atoms with E-state index in [0.29, 0.717) is 6.42 Å². The third kappa shape index (κ3) is 4.82. The molecule has 0 bridgehead atoms. The molecule has 5 heteroatoms. The Kier molecular flexibility index (Phi) is 6.26. The minimum atomic E-state index is 0.164. The number of para-hydroxylation sites is 1. The zero-order valence-corrected chi connectivity index (χ0v) is 14.2. The van der Waals surface area contributed by atoms with Gasteiger partial charge in [-0.15, -0.1) is 0 Å². The summed E-state index contributed by atoms with van der Waals surface area (Å²) in [5, 5.41) is 4.30. The Morgan fingerprint density at radius 3 is 2.92 bits per heavy atom. The second-order valence-corrected chi connectivity index (χ2v) is 6.37. The van der Waals surface area contributed by atoms with Crippen molar-refractivity contribution in [2.24, 2.45) is 0 Å². The number of nitrogens with one attached hydrogen (secondary N) is 2. The SMILES string of the molecule is O=C(CCCc1c[nH]c2ccccc12)NCCCN1CCOCC1. The first-order valence-corrected chi connectivity index (χ1v) is 8.95. The average Bonchev–Trinajstić information content (AvgIpc) is 3.03. The Bertz CT molecular complexity index is 647. The summed E-state index contributed by atoms with van der Waals surface area (Å²) in [7, 11) is 0. The quantitative estimate of drug-likeness (QED) is 0.731. The van der Waals surface area contributed by atoms with Gasteiger partial charge in [-0.25, -0.2) is 0 Å². The molecule has 1 saturated heterocycles. The Balaban J connectivity index is 1.30. The van der Waals surface area contributed by atoms with Crippen molar-refractivity contribution >= 4 is 16.8 Å². The number of H-pyrrole nitrogens is 1. The summed E-state index contributed by atoms with van der Waals surface area (Å²) in [6.45, 7) is 5.50. The number of hydrogen-bond donors (Lipinski definition) is 2. The van der Waals surface area contributed by atoms with E-state index in [1.165, 1.54) is 16.5 Å². The number of carbonyl (C=O) groups excluding carboxylic acids is 1. The van der Waals surface area contributed by atoms with Crippen LogP contribution in [0.5, 0.6) is 0 Å².